The quantitative estimate of drug-likeness (QED) is 0.854. The summed E-state index contributed by atoms with van der Waals surface area (Å²) < 4.78 is 0. The standard InChI is InChI=1S/C18H27N5O2/c19-15-10-14(20-21-15)17(25)22-9-3-7-18(11-22)8-6-16(24)23(12-18)13-4-1-2-5-13/h10,13H,1-9,11-12H2,(H3,19,20,21)/t18-/m1/s1. The Kier molecular flexibility index (Phi) is 4.17. The Hall–Kier alpha value is -2.05. The highest BCUT2D eigenvalue weighted by Crippen LogP contribution is 2.41. The van der Waals surface area contributed by atoms with Crippen LogP contribution in [0.2, 0.25) is 0 Å². The van der Waals surface area contributed by atoms with Crippen LogP contribution in [0.3, 0.4) is 0 Å². The van der Waals surface area contributed by atoms with Gasteiger partial charge in [-0.1, -0.05) is 12.8 Å². The molecule has 3 heterocycles. The number of nitrogens with one attached hydrogen (secondary N) is 1. The van der Waals surface area contributed by atoms with Crippen LogP contribution in [0.25, 0.3) is 0 Å². The van der Waals surface area contributed by atoms with E-state index in [1.807, 2.05) is 4.90 Å². The van der Waals surface area contributed by atoms with Crippen molar-refractivity contribution in [3.05, 3.63) is 11.8 Å². The molecule has 7 heteroatoms. The maximum Gasteiger partial charge on any atom is 0.271 e. The molecule has 136 valence electrons. The SMILES string of the molecule is Nc1cc(C(=O)N2CCC[C@@]3(CCC(=O)N(C4CCCC4)C3)C2)[nH]n1. The average Bonchev–Trinajstić information content (AvgIpc) is 3.28. The van der Waals surface area contributed by atoms with Crippen LogP contribution in [0, 0.1) is 5.41 Å². The number of hydrogen-bond acceptors (Lipinski definition) is 4. The number of amides is 2. The number of piperidine rings is 2. The summed E-state index contributed by atoms with van der Waals surface area (Å²) in [6.45, 7) is 2.30. The van der Waals surface area contributed by atoms with E-state index in [0.29, 0.717) is 29.9 Å². The number of nitrogens with two attached hydrogens (primary N) is 1. The molecule has 0 radical (unpaired) electrons. The van der Waals surface area contributed by atoms with E-state index in [4.69, 9.17) is 5.73 Å². The smallest absolute Gasteiger partial charge is 0.271 e. The lowest BCUT2D eigenvalue weighted by Crippen LogP contribution is -2.56. The molecule has 1 aromatic rings. The van der Waals surface area contributed by atoms with Crippen LogP contribution in [0.4, 0.5) is 5.82 Å². The van der Waals surface area contributed by atoms with E-state index in [1.165, 1.54) is 12.8 Å². The van der Waals surface area contributed by atoms with Crippen molar-refractivity contribution in [1.82, 2.24) is 20.0 Å². The number of nitrogen functional groups attached to an aromatic ring is 1. The highest BCUT2D eigenvalue weighted by Gasteiger charge is 2.44. The minimum atomic E-state index is -0.0346. The number of nitrogens with zero attached hydrogens (tertiary/aromatic N) is 3. The third-order valence-corrected chi connectivity index (χ3v) is 6.24. The van der Waals surface area contributed by atoms with Crippen LogP contribution in [0.15, 0.2) is 6.07 Å². The molecule has 0 unspecified atom stereocenters. The Balaban J connectivity index is 1.49. The lowest BCUT2D eigenvalue weighted by molar-refractivity contribution is -0.142. The summed E-state index contributed by atoms with van der Waals surface area (Å²) in [5.74, 6) is 0.612. The van der Waals surface area contributed by atoms with Gasteiger partial charge < -0.3 is 15.5 Å². The van der Waals surface area contributed by atoms with Gasteiger partial charge in [0.05, 0.1) is 0 Å². The minimum absolute atomic E-state index is 0.0346. The third kappa shape index (κ3) is 3.12. The van der Waals surface area contributed by atoms with E-state index >= 15 is 0 Å². The van der Waals surface area contributed by atoms with Gasteiger partial charge in [0.15, 0.2) is 0 Å². The Labute approximate surface area is 147 Å². The van der Waals surface area contributed by atoms with Gasteiger partial charge in [0.2, 0.25) is 5.91 Å². The van der Waals surface area contributed by atoms with Gasteiger partial charge in [-0.15, -0.1) is 0 Å². The Bertz CT molecular complexity index is 666. The lowest BCUT2D eigenvalue weighted by atomic mass is 9.73. The number of carbonyl (C=O) groups is 2. The molecule has 4 rings (SSSR count). The summed E-state index contributed by atoms with van der Waals surface area (Å²) in [4.78, 5) is 29.3. The highest BCUT2D eigenvalue weighted by molar-refractivity contribution is 5.93. The molecule has 1 atom stereocenters. The van der Waals surface area contributed by atoms with Crippen molar-refractivity contribution in [3.63, 3.8) is 0 Å². The summed E-state index contributed by atoms with van der Waals surface area (Å²) in [6, 6.07) is 2.02. The van der Waals surface area contributed by atoms with Crippen LogP contribution >= 0.6 is 0 Å². The summed E-state index contributed by atoms with van der Waals surface area (Å²) in [5, 5.41) is 6.59. The van der Waals surface area contributed by atoms with Crippen LogP contribution in [-0.4, -0.2) is 57.5 Å². The predicted octanol–water partition coefficient (Wildman–Crippen LogP) is 1.78. The first-order valence-electron chi connectivity index (χ1n) is 9.46. The minimum Gasteiger partial charge on any atom is -0.382 e. The monoisotopic (exact) mass is 345 g/mol. The molecule has 3 fully saturated rings. The van der Waals surface area contributed by atoms with Crippen LogP contribution in [-0.2, 0) is 4.79 Å². The van der Waals surface area contributed by atoms with E-state index in [-0.39, 0.29) is 11.3 Å². The molecule has 25 heavy (non-hydrogen) atoms. The molecule has 1 aromatic heterocycles. The van der Waals surface area contributed by atoms with Crippen LogP contribution < -0.4 is 5.73 Å². The first kappa shape index (κ1) is 16.4. The van der Waals surface area contributed by atoms with Crippen molar-refractivity contribution in [3.8, 4) is 0 Å². The van der Waals surface area contributed by atoms with Crippen molar-refractivity contribution >= 4 is 17.6 Å². The number of H-pyrrole nitrogens is 1. The number of aromatic nitrogens is 2. The van der Waals surface area contributed by atoms with Gasteiger partial charge >= 0.3 is 0 Å². The molecule has 0 aromatic carbocycles. The molecule has 1 spiro atoms. The molecule has 0 bridgehead atoms. The second kappa shape index (κ2) is 6.35. The fourth-order valence-electron chi connectivity index (χ4n) is 4.92. The molecule has 1 saturated carbocycles. The Morgan fingerprint density at radius 3 is 2.76 bits per heavy atom. The maximum atomic E-state index is 12.8. The van der Waals surface area contributed by atoms with Gasteiger partial charge in [0, 0.05) is 43.6 Å². The summed E-state index contributed by atoms with van der Waals surface area (Å²) in [5.41, 5.74) is 6.13. The van der Waals surface area contributed by atoms with Gasteiger partial charge in [-0.3, -0.25) is 14.7 Å². The largest absolute Gasteiger partial charge is 0.382 e. The molecule has 3 N–H and O–H groups in total. The van der Waals surface area contributed by atoms with Gasteiger partial charge in [-0.05, 0) is 32.1 Å². The second-order valence-electron chi connectivity index (χ2n) is 8.00. The molecule has 2 aliphatic heterocycles. The van der Waals surface area contributed by atoms with E-state index in [1.54, 1.807) is 6.07 Å². The van der Waals surface area contributed by atoms with Crippen molar-refractivity contribution in [2.75, 3.05) is 25.4 Å². The number of hydrogen-bond donors (Lipinski definition) is 2. The molecular weight excluding hydrogens is 318 g/mol. The highest BCUT2D eigenvalue weighted by atomic mass is 16.2. The van der Waals surface area contributed by atoms with E-state index < -0.39 is 0 Å². The van der Waals surface area contributed by atoms with Gasteiger partial charge in [0.1, 0.15) is 11.5 Å². The average molecular weight is 345 g/mol. The zero-order valence-electron chi connectivity index (χ0n) is 14.7. The second-order valence-corrected chi connectivity index (χ2v) is 8.00. The molecule has 3 aliphatic rings. The van der Waals surface area contributed by atoms with Crippen LogP contribution in [0.1, 0.15) is 61.9 Å². The van der Waals surface area contributed by atoms with E-state index in [9.17, 15) is 9.59 Å². The van der Waals surface area contributed by atoms with Gasteiger partial charge in [-0.25, -0.2) is 0 Å². The number of likely N-dealkylation sites (tertiary alicyclic amines) is 2. The molecule has 2 amide bonds. The predicted molar refractivity (Wildman–Crippen MR) is 93.8 cm³/mol. The molecule has 7 nitrogen and oxygen atoms in total. The van der Waals surface area contributed by atoms with Gasteiger partial charge in [-0.2, -0.15) is 5.10 Å². The Morgan fingerprint density at radius 2 is 2.04 bits per heavy atom. The first-order valence-corrected chi connectivity index (χ1v) is 9.46. The zero-order chi connectivity index (χ0) is 17.4. The van der Waals surface area contributed by atoms with E-state index in [2.05, 4.69) is 15.1 Å². The normalized spacial score (nSPS) is 28.1. The summed E-state index contributed by atoms with van der Waals surface area (Å²) in [7, 11) is 0. The van der Waals surface area contributed by atoms with Gasteiger partial charge in [0.25, 0.3) is 5.91 Å². The fourth-order valence-corrected chi connectivity index (χ4v) is 4.92. The summed E-state index contributed by atoms with van der Waals surface area (Å²) in [6.07, 6.45) is 8.33. The maximum absolute atomic E-state index is 12.8. The van der Waals surface area contributed by atoms with E-state index in [0.717, 1.165) is 51.7 Å². The molecule has 1 aliphatic carbocycles. The van der Waals surface area contributed by atoms with Crippen molar-refractivity contribution in [2.45, 2.75) is 57.4 Å². The lowest BCUT2D eigenvalue weighted by Gasteiger charge is -2.49. The zero-order valence-corrected chi connectivity index (χ0v) is 14.7. The summed E-state index contributed by atoms with van der Waals surface area (Å²) >= 11 is 0. The van der Waals surface area contributed by atoms with Crippen molar-refractivity contribution in [2.24, 2.45) is 5.41 Å². The van der Waals surface area contributed by atoms with Crippen LogP contribution in [0.5, 0.6) is 0 Å². The van der Waals surface area contributed by atoms with Crippen molar-refractivity contribution in [1.29, 1.82) is 0 Å². The van der Waals surface area contributed by atoms with Crippen molar-refractivity contribution < 1.29 is 9.59 Å². The fraction of sp³-hybridized carbons (Fsp3) is 0.722. The topological polar surface area (TPSA) is 95.3 Å². The first-order chi connectivity index (χ1) is 12.1. The number of aromatic amines is 1. The number of rotatable bonds is 2. The Morgan fingerprint density at radius 1 is 1.24 bits per heavy atom. The molecular formula is C18H27N5O2. The molecule has 2 saturated heterocycles. The number of carbonyl (C=O) groups excluding carboxylic acids is 2. The third-order valence-electron chi connectivity index (χ3n) is 6.24. The number of anilines is 1.